The summed E-state index contributed by atoms with van der Waals surface area (Å²) >= 11 is 0. The molecule has 0 aliphatic heterocycles. The van der Waals surface area contributed by atoms with Crippen LogP contribution in [0.25, 0.3) is 77.8 Å². The molecule has 10 radical (unpaired) electrons. The number of hydrogen-bond donors (Lipinski definition) is 0. The highest BCUT2D eigenvalue weighted by atomic mass is 15.2. The topological polar surface area (TPSA) is 48.5 Å². The smallest absolute Gasteiger partial charge is 0.238 e. The molecule has 3 heterocycles. The third-order valence-corrected chi connectivity index (χ3v) is 11.0. The van der Waals surface area contributed by atoms with Gasteiger partial charge in [-0.15, -0.1) is 16.4 Å². The van der Waals surface area contributed by atoms with Crippen molar-refractivity contribution in [3.63, 3.8) is 0 Å². The lowest BCUT2D eigenvalue weighted by atomic mass is 9.47. The lowest BCUT2D eigenvalue weighted by Crippen LogP contribution is -2.19. The molecule has 0 N–H and O–H groups in total. The molecule has 0 saturated heterocycles. The third-order valence-electron chi connectivity index (χ3n) is 11.0. The Bertz CT molecular complexity index is 2990. The number of rotatable bonds is 5. The van der Waals surface area contributed by atoms with Gasteiger partial charge in [0.2, 0.25) is 5.95 Å². The summed E-state index contributed by atoms with van der Waals surface area (Å²) in [6, 6.07) is 39.7. The molecule has 0 fully saturated rings. The number of allylic oxidation sites excluding steroid dienone is 8. The standard InChI is InChI=1S/C45H28B5N5/c46-37-35(38(47)40(49)41(50)39(37)48)25-19-21-28(22-20-25)54-32-17-9-7-15-29(32)30-23-24-34-36(42(30)54)31-16-8-10-18-33(31)55(34)45-52-43(26-11-3-1-4-12-26)51-44(53-45)27-13-5-2-6-14-27/h1-5,7-13,15-24,39,41H,6,14H2. The number of hydrogen-bond acceptors (Lipinski definition) is 3. The van der Waals surface area contributed by atoms with Gasteiger partial charge in [0.15, 0.2) is 11.6 Å². The number of nitrogens with zero attached hydrogens (tertiary/aromatic N) is 5. The average Bonchev–Trinajstić information content (AvgIpc) is 3.76. The van der Waals surface area contributed by atoms with Crippen molar-refractivity contribution >= 4 is 94.0 Å². The van der Waals surface area contributed by atoms with Gasteiger partial charge in [-0.1, -0.05) is 115 Å². The predicted octanol–water partition coefficient (Wildman–Crippen LogP) is 8.82. The van der Waals surface area contributed by atoms with Gasteiger partial charge in [-0.05, 0) is 59.9 Å². The highest BCUT2D eigenvalue weighted by Crippen LogP contribution is 2.45. The highest BCUT2D eigenvalue weighted by Gasteiger charge is 2.26. The molecule has 5 nitrogen and oxygen atoms in total. The summed E-state index contributed by atoms with van der Waals surface area (Å²) in [4.78, 5) is 15.4. The van der Waals surface area contributed by atoms with Crippen molar-refractivity contribution in [2.75, 3.05) is 0 Å². The van der Waals surface area contributed by atoms with Gasteiger partial charge in [0.05, 0.1) is 37.8 Å². The number of para-hydroxylation sites is 2. The summed E-state index contributed by atoms with van der Waals surface area (Å²) in [5, 5.41) is 4.46. The van der Waals surface area contributed by atoms with Gasteiger partial charge in [0.25, 0.3) is 0 Å². The Kier molecular flexibility index (Phi) is 7.98. The van der Waals surface area contributed by atoms with Crippen molar-refractivity contribution in [1.82, 2.24) is 24.1 Å². The third kappa shape index (κ3) is 5.26. The molecule has 2 atom stereocenters. The Morgan fingerprint density at radius 2 is 1.24 bits per heavy atom. The van der Waals surface area contributed by atoms with Gasteiger partial charge in [0.1, 0.15) is 23.5 Å². The monoisotopic (exact) mass is 693 g/mol. The van der Waals surface area contributed by atoms with E-state index in [4.69, 9.17) is 54.2 Å². The second-order valence-electron chi connectivity index (χ2n) is 14.2. The van der Waals surface area contributed by atoms with Crippen LogP contribution in [0.2, 0.25) is 11.6 Å². The van der Waals surface area contributed by atoms with Gasteiger partial charge in [0, 0.05) is 32.8 Å². The second kappa shape index (κ2) is 13.1. The highest BCUT2D eigenvalue weighted by molar-refractivity contribution is 6.47. The summed E-state index contributed by atoms with van der Waals surface area (Å²) in [6.07, 6.45) is 8.17. The Morgan fingerprint density at radius 1 is 0.564 bits per heavy atom. The van der Waals surface area contributed by atoms with Crippen LogP contribution in [-0.2, 0) is 0 Å². The second-order valence-corrected chi connectivity index (χ2v) is 14.2. The first kappa shape index (κ1) is 33.6. The molecule has 3 aromatic heterocycles. The zero-order chi connectivity index (χ0) is 37.4. The minimum Gasteiger partial charge on any atom is -0.309 e. The zero-order valence-electron chi connectivity index (χ0n) is 29.9. The normalized spacial score (nSPS) is 17.6. The SMILES string of the molecule is [B]C1=C([B])C([B])C([B])C([B])=C1c1ccc(-n2c3ccccc3c3ccc4c(c5ccccc5n4-c4nc(C5=CC=CCC5)nc(-c5ccccc5)n4)c32)cc1. The minimum atomic E-state index is -0.638. The van der Waals surface area contributed by atoms with Crippen molar-refractivity contribution in [2.45, 2.75) is 24.5 Å². The first-order valence-corrected chi connectivity index (χ1v) is 18.4. The van der Waals surface area contributed by atoms with E-state index in [0.29, 0.717) is 39.6 Å². The van der Waals surface area contributed by atoms with Crippen molar-refractivity contribution in [3.8, 4) is 23.0 Å². The summed E-state index contributed by atoms with van der Waals surface area (Å²) in [6.45, 7) is 0. The molecule has 55 heavy (non-hydrogen) atoms. The van der Waals surface area contributed by atoms with E-state index < -0.39 is 11.6 Å². The van der Waals surface area contributed by atoms with Crippen LogP contribution in [0.1, 0.15) is 24.2 Å². The molecule has 2 unspecified atom stereocenters. The molecule has 8 aromatic rings. The van der Waals surface area contributed by atoms with E-state index in [0.717, 1.165) is 78.8 Å². The molecule has 248 valence electrons. The maximum Gasteiger partial charge on any atom is 0.238 e. The van der Waals surface area contributed by atoms with Crippen LogP contribution in [0, 0.1) is 0 Å². The van der Waals surface area contributed by atoms with Crippen LogP contribution in [-0.4, -0.2) is 63.3 Å². The molecule has 2 aliphatic carbocycles. The molecule has 0 saturated carbocycles. The van der Waals surface area contributed by atoms with Crippen LogP contribution in [0.4, 0.5) is 0 Å². The van der Waals surface area contributed by atoms with E-state index >= 15 is 0 Å². The van der Waals surface area contributed by atoms with Crippen LogP contribution in [0.3, 0.4) is 0 Å². The molecule has 5 aromatic carbocycles. The lowest BCUT2D eigenvalue weighted by Gasteiger charge is -2.34. The minimum absolute atomic E-state index is 0.343. The number of benzene rings is 5. The van der Waals surface area contributed by atoms with E-state index in [9.17, 15) is 0 Å². The van der Waals surface area contributed by atoms with E-state index in [1.54, 1.807) is 0 Å². The Morgan fingerprint density at radius 3 is 1.98 bits per heavy atom. The molecular weight excluding hydrogens is 665 g/mol. The van der Waals surface area contributed by atoms with E-state index in [1.165, 1.54) is 0 Å². The summed E-state index contributed by atoms with van der Waals surface area (Å²) in [5.74, 6) is 0.610. The van der Waals surface area contributed by atoms with Gasteiger partial charge >= 0.3 is 0 Å². The maximum atomic E-state index is 6.52. The van der Waals surface area contributed by atoms with Gasteiger partial charge in [-0.25, -0.2) is 4.98 Å². The Balaban J connectivity index is 1.24. The predicted molar refractivity (Wildman–Crippen MR) is 231 cm³/mol. The molecule has 10 heteroatoms. The van der Waals surface area contributed by atoms with Gasteiger partial charge < -0.3 is 4.57 Å². The average molecular weight is 693 g/mol. The van der Waals surface area contributed by atoms with Crippen LogP contribution >= 0.6 is 0 Å². The molecule has 2 aliphatic rings. The first-order valence-electron chi connectivity index (χ1n) is 18.4. The van der Waals surface area contributed by atoms with Crippen LogP contribution < -0.4 is 0 Å². The molecule has 0 spiro atoms. The van der Waals surface area contributed by atoms with Crippen molar-refractivity contribution in [3.05, 3.63) is 161 Å². The van der Waals surface area contributed by atoms with E-state index in [2.05, 4.69) is 100 Å². The summed E-state index contributed by atoms with van der Waals surface area (Å²) in [5.41, 5.74) is 9.69. The Labute approximate surface area is 325 Å². The van der Waals surface area contributed by atoms with E-state index in [1.807, 2.05) is 42.5 Å². The molecule has 10 rings (SSSR count). The van der Waals surface area contributed by atoms with Crippen LogP contribution in [0.15, 0.2) is 150 Å². The van der Waals surface area contributed by atoms with E-state index in [-0.39, 0.29) is 0 Å². The van der Waals surface area contributed by atoms with Crippen molar-refractivity contribution in [1.29, 1.82) is 0 Å². The zero-order valence-corrected chi connectivity index (χ0v) is 29.9. The largest absolute Gasteiger partial charge is 0.309 e. The molecular formula is C45H28B5N5. The fourth-order valence-corrected chi connectivity index (χ4v) is 8.24. The van der Waals surface area contributed by atoms with Crippen molar-refractivity contribution < 1.29 is 0 Å². The van der Waals surface area contributed by atoms with Gasteiger partial charge in [-0.2, -0.15) is 9.97 Å². The first-order chi connectivity index (χ1) is 26.9. The van der Waals surface area contributed by atoms with Gasteiger partial charge in [-0.3, -0.25) is 4.57 Å². The number of aromatic nitrogens is 5. The molecule has 0 bridgehead atoms. The Hall–Kier alpha value is -6.01. The fourth-order valence-electron chi connectivity index (χ4n) is 8.24. The summed E-state index contributed by atoms with van der Waals surface area (Å²) < 4.78 is 4.51. The maximum absolute atomic E-state index is 6.52. The fraction of sp³-hybridized carbons (Fsp3) is 0.0889. The number of fused-ring (bicyclic) bond motifs is 7. The van der Waals surface area contributed by atoms with Crippen molar-refractivity contribution in [2.24, 2.45) is 0 Å². The molecule has 0 amide bonds. The van der Waals surface area contributed by atoms with Crippen LogP contribution in [0.5, 0.6) is 0 Å². The lowest BCUT2D eigenvalue weighted by molar-refractivity contribution is 0.913. The summed E-state index contributed by atoms with van der Waals surface area (Å²) in [7, 11) is 31.9. The quantitative estimate of drug-likeness (QED) is 0.170.